The van der Waals surface area contributed by atoms with Gasteiger partial charge in [-0.25, -0.2) is 4.79 Å². The smallest absolute Gasteiger partial charge is 0.338 e. The number of rotatable bonds is 3. The molecule has 0 aliphatic carbocycles. The van der Waals surface area contributed by atoms with E-state index in [1.165, 1.54) is 0 Å². The number of anilines is 1. The van der Waals surface area contributed by atoms with Gasteiger partial charge in [-0.15, -0.1) is 0 Å². The first kappa shape index (κ1) is 13.4. The first-order chi connectivity index (χ1) is 10.3. The zero-order chi connectivity index (χ0) is 14.7. The molecule has 0 aromatic heterocycles. The van der Waals surface area contributed by atoms with Gasteiger partial charge in [-0.1, -0.05) is 36.4 Å². The van der Waals surface area contributed by atoms with Gasteiger partial charge >= 0.3 is 5.97 Å². The maximum atomic E-state index is 12.1. The molecule has 0 fully saturated rings. The van der Waals surface area contributed by atoms with E-state index < -0.39 is 0 Å². The highest BCUT2D eigenvalue weighted by Crippen LogP contribution is 2.29. The zero-order valence-electron chi connectivity index (χ0n) is 11.7. The van der Waals surface area contributed by atoms with Gasteiger partial charge in [0.1, 0.15) is 6.17 Å². The maximum Gasteiger partial charge on any atom is 0.338 e. The van der Waals surface area contributed by atoms with Crippen molar-refractivity contribution >= 4 is 17.9 Å². The van der Waals surface area contributed by atoms with Crippen molar-refractivity contribution in [1.29, 1.82) is 0 Å². The SMILES string of the molecule is CCOC(=O)c1ccccc1C1N=Cc2ccccc2N1. The lowest BCUT2D eigenvalue weighted by Crippen LogP contribution is -2.18. The van der Waals surface area contributed by atoms with Crippen LogP contribution in [-0.4, -0.2) is 18.8 Å². The molecule has 1 aliphatic rings. The van der Waals surface area contributed by atoms with Crippen LogP contribution in [0.15, 0.2) is 53.5 Å². The molecule has 3 rings (SSSR count). The average molecular weight is 280 g/mol. The highest BCUT2D eigenvalue weighted by molar-refractivity contribution is 5.93. The molecule has 0 radical (unpaired) electrons. The molecule has 1 aliphatic heterocycles. The molecule has 4 nitrogen and oxygen atoms in total. The Morgan fingerprint density at radius 1 is 1.19 bits per heavy atom. The van der Waals surface area contributed by atoms with Crippen molar-refractivity contribution in [3.63, 3.8) is 0 Å². The fraction of sp³-hybridized carbons (Fsp3) is 0.176. The van der Waals surface area contributed by atoms with Crippen LogP contribution in [0.2, 0.25) is 0 Å². The van der Waals surface area contributed by atoms with Crippen molar-refractivity contribution in [3.8, 4) is 0 Å². The number of aliphatic imine (C=N–C) groups is 1. The first-order valence-corrected chi connectivity index (χ1v) is 6.94. The lowest BCUT2D eigenvalue weighted by atomic mass is 10.0. The number of fused-ring (bicyclic) bond motifs is 1. The van der Waals surface area contributed by atoms with Crippen molar-refractivity contribution in [1.82, 2.24) is 0 Å². The van der Waals surface area contributed by atoms with E-state index in [1.54, 1.807) is 13.0 Å². The summed E-state index contributed by atoms with van der Waals surface area (Å²) in [6.45, 7) is 2.16. The van der Waals surface area contributed by atoms with Gasteiger partial charge in [0.2, 0.25) is 0 Å². The van der Waals surface area contributed by atoms with E-state index in [4.69, 9.17) is 4.74 Å². The summed E-state index contributed by atoms with van der Waals surface area (Å²) in [6.07, 6.45) is 1.55. The number of carbonyl (C=O) groups is 1. The normalized spacial score (nSPS) is 16.0. The van der Waals surface area contributed by atoms with E-state index in [1.807, 2.05) is 48.7 Å². The number of hydrogen-bond donors (Lipinski definition) is 1. The van der Waals surface area contributed by atoms with Crippen LogP contribution in [-0.2, 0) is 4.74 Å². The van der Waals surface area contributed by atoms with Gasteiger partial charge in [0.15, 0.2) is 0 Å². The zero-order valence-corrected chi connectivity index (χ0v) is 11.7. The van der Waals surface area contributed by atoms with Crippen LogP contribution in [0, 0.1) is 0 Å². The van der Waals surface area contributed by atoms with Crippen molar-refractivity contribution in [2.24, 2.45) is 4.99 Å². The quantitative estimate of drug-likeness (QED) is 0.877. The lowest BCUT2D eigenvalue weighted by Gasteiger charge is -2.23. The topological polar surface area (TPSA) is 50.7 Å². The predicted molar refractivity (Wildman–Crippen MR) is 82.8 cm³/mol. The van der Waals surface area contributed by atoms with E-state index in [2.05, 4.69) is 10.3 Å². The molecule has 4 heteroatoms. The Morgan fingerprint density at radius 2 is 1.95 bits per heavy atom. The van der Waals surface area contributed by atoms with Crippen LogP contribution in [0.4, 0.5) is 5.69 Å². The molecule has 0 amide bonds. The number of carbonyl (C=O) groups excluding carboxylic acids is 1. The summed E-state index contributed by atoms with van der Waals surface area (Å²) in [6, 6.07) is 15.3. The van der Waals surface area contributed by atoms with Crippen LogP contribution in [0.5, 0.6) is 0 Å². The summed E-state index contributed by atoms with van der Waals surface area (Å²) < 4.78 is 5.11. The highest BCUT2D eigenvalue weighted by atomic mass is 16.5. The Balaban J connectivity index is 1.94. The molecule has 2 aromatic rings. The van der Waals surface area contributed by atoms with Crippen molar-refractivity contribution < 1.29 is 9.53 Å². The number of nitrogens with zero attached hydrogens (tertiary/aromatic N) is 1. The van der Waals surface area contributed by atoms with Gasteiger partial charge in [0, 0.05) is 23.0 Å². The Hall–Kier alpha value is -2.62. The minimum Gasteiger partial charge on any atom is -0.462 e. The number of benzene rings is 2. The number of ether oxygens (including phenoxy) is 1. The third-order valence-corrected chi connectivity index (χ3v) is 3.37. The van der Waals surface area contributed by atoms with Gasteiger partial charge in [0.25, 0.3) is 0 Å². The maximum absolute atomic E-state index is 12.1. The Labute approximate surface area is 123 Å². The Kier molecular flexibility index (Phi) is 3.69. The van der Waals surface area contributed by atoms with Crippen LogP contribution < -0.4 is 5.32 Å². The largest absolute Gasteiger partial charge is 0.462 e. The summed E-state index contributed by atoms with van der Waals surface area (Å²) in [5, 5.41) is 3.34. The summed E-state index contributed by atoms with van der Waals surface area (Å²) >= 11 is 0. The van der Waals surface area contributed by atoms with Crippen LogP contribution >= 0.6 is 0 Å². The fourth-order valence-corrected chi connectivity index (χ4v) is 2.37. The second kappa shape index (κ2) is 5.79. The van der Waals surface area contributed by atoms with E-state index in [0.29, 0.717) is 12.2 Å². The van der Waals surface area contributed by atoms with Gasteiger partial charge < -0.3 is 10.1 Å². The van der Waals surface area contributed by atoms with Crippen molar-refractivity contribution in [2.45, 2.75) is 13.1 Å². The van der Waals surface area contributed by atoms with Crippen LogP contribution in [0.3, 0.4) is 0 Å². The average Bonchev–Trinajstić information content (AvgIpc) is 2.54. The molecule has 0 saturated heterocycles. The molecular weight excluding hydrogens is 264 g/mol. The third kappa shape index (κ3) is 2.65. The number of nitrogens with one attached hydrogen (secondary N) is 1. The van der Waals surface area contributed by atoms with E-state index in [0.717, 1.165) is 16.8 Å². The van der Waals surface area contributed by atoms with Crippen molar-refractivity contribution in [3.05, 3.63) is 65.2 Å². The Morgan fingerprint density at radius 3 is 2.81 bits per heavy atom. The predicted octanol–water partition coefficient (Wildman–Crippen LogP) is 3.41. The summed E-state index contributed by atoms with van der Waals surface area (Å²) in [5.41, 5.74) is 3.42. The fourth-order valence-electron chi connectivity index (χ4n) is 2.37. The molecule has 21 heavy (non-hydrogen) atoms. The lowest BCUT2D eigenvalue weighted by molar-refractivity contribution is 0.0524. The standard InChI is InChI=1S/C17H16N2O2/c1-2-21-17(20)14-9-5-4-8-13(14)16-18-11-12-7-3-6-10-15(12)19-16/h3-11,16,19H,2H2,1H3. The number of hydrogen-bond acceptors (Lipinski definition) is 4. The monoisotopic (exact) mass is 280 g/mol. The van der Waals surface area contributed by atoms with E-state index >= 15 is 0 Å². The van der Waals surface area contributed by atoms with Crippen molar-refractivity contribution in [2.75, 3.05) is 11.9 Å². The molecule has 1 atom stereocenters. The molecule has 106 valence electrons. The van der Waals surface area contributed by atoms with Gasteiger partial charge in [-0.05, 0) is 19.1 Å². The highest BCUT2D eigenvalue weighted by Gasteiger charge is 2.21. The number of para-hydroxylation sites is 1. The summed E-state index contributed by atoms with van der Waals surface area (Å²) in [7, 11) is 0. The molecule has 0 saturated carbocycles. The van der Waals surface area contributed by atoms with Gasteiger partial charge in [0.05, 0.1) is 12.2 Å². The molecule has 1 heterocycles. The summed E-state index contributed by atoms with van der Waals surface area (Å²) in [5.74, 6) is -0.316. The minimum absolute atomic E-state index is 0.277. The second-order valence-corrected chi connectivity index (χ2v) is 4.72. The molecule has 0 spiro atoms. The summed E-state index contributed by atoms with van der Waals surface area (Å²) in [4.78, 5) is 16.6. The van der Waals surface area contributed by atoms with E-state index in [-0.39, 0.29) is 12.1 Å². The van der Waals surface area contributed by atoms with Crippen LogP contribution in [0.25, 0.3) is 0 Å². The Bertz CT molecular complexity index is 695. The molecular formula is C17H16N2O2. The van der Waals surface area contributed by atoms with Gasteiger partial charge in [-0.2, -0.15) is 0 Å². The molecule has 1 unspecified atom stereocenters. The van der Waals surface area contributed by atoms with Crippen LogP contribution in [0.1, 0.15) is 34.6 Å². The number of esters is 1. The minimum atomic E-state index is -0.316. The third-order valence-electron chi connectivity index (χ3n) is 3.37. The molecule has 1 N–H and O–H groups in total. The van der Waals surface area contributed by atoms with E-state index in [9.17, 15) is 4.79 Å². The second-order valence-electron chi connectivity index (χ2n) is 4.72. The molecule has 2 aromatic carbocycles. The molecule has 0 bridgehead atoms. The van der Waals surface area contributed by atoms with Gasteiger partial charge in [-0.3, -0.25) is 4.99 Å². The first-order valence-electron chi connectivity index (χ1n) is 6.94.